The van der Waals surface area contributed by atoms with E-state index in [1.165, 1.54) is 6.07 Å². The third-order valence-electron chi connectivity index (χ3n) is 4.17. The van der Waals surface area contributed by atoms with Crippen LogP contribution in [0.4, 0.5) is 10.2 Å². The van der Waals surface area contributed by atoms with Crippen molar-refractivity contribution in [3.8, 4) is 11.3 Å². The maximum absolute atomic E-state index is 13.9. The number of aliphatic hydroxyl groups is 1. The summed E-state index contributed by atoms with van der Waals surface area (Å²) in [6.45, 7) is 0. The summed E-state index contributed by atoms with van der Waals surface area (Å²) in [4.78, 5) is 0. The fourth-order valence-electron chi connectivity index (χ4n) is 3.03. The quantitative estimate of drug-likeness (QED) is 0.835. The first-order valence-electron chi connectivity index (χ1n) is 7.45. The largest absolute Gasteiger partial charge is 0.391 e. The number of nitrogens with zero attached hydrogens (tertiary/aromatic N) is 2. The smallest absolute Gasteiger partial charge is 0.132 e. The highest BCUT2D eigenvalue weighted by Gasteiger charge is 2.26. The molecule has 5 heteroatoms. The predicted octanol–water partition coefficient (Wildman–Crippen LogP) is 3.14. The van der Waals surface area contributed by atoms with Crippen LogP contribution in [-0.4, -0.2) is 21.0 Å². The number of hydrogen-bond acceptors (Lipinski definition) is 3. The number of nitrogen functional groups attached to an aromatic ring is 1. The Bertz CT molecular complexity index is 626. The second-order valence-corrected chi connectivity index (χ2v) is 5.65. The molecule has 1 aliphatic carbocycles. The topological polar surface area (TPSA) is 64.1 Å². The van der Waals surface area contributed by atoms with Gasteiger partial charge in [-0.15, -0.1) is 0 Å². The molecule has 0 saturated heterocycles. The molecule has 2 atom stereocenters. The van der Waals surface area contributed by atoms with E-state index in [0.29, 0.717) is 17.1 Å². The minimum Gasteiger partial charge on any atom is -0.391 e. The monoisotopic (exact) mass is 289 g/mol. The van der Waals surface area contributed by atoms with Crippen molar-refractivity contribution in [3.63, 3.8) is 0 Å². The van der Waals surface area contributed by atoms with E-state index in [2.05, 4.69) is 5.10 Å². The first-order valence-corrected chi connectivity index (χ1v) is 7.45. The molecule has 0 radical (unpaired) electrons. The second-order valence-electron chi connectivity index (χ2n) is 5.65. The molecule has 3 rings (SSSR count). The third-order valence-corrected chi connectivity index (χ3v) is 4.17. The van der Waals surface area contributed by atoms with Crippen LogP contribution >= 0.6 is 0 Å². The van der Waals surface area contributed by atoms with Crippen LogP contribution in [0.2, 0.25) is 0 Å². The normalized spacial score (nSPS) is 23.0. The number of hydrogen-bond donors (Lipinski definition) is 2. The molecule has 0 bridgehead atoms. The molecule has 112 valence electrons. The van der Waals surface area contributed by atoms with E-state index in [0.717, 1.165) is 32.1 Å². The van der Waals surface area contributed by atoms with Gasteiger partial charge in [-0.1, -0.05) is 31.4 Å². The maximum atomic E-state index is 13.9. The van der Waals surface area contributed by atoms with Crippen LogP contribution in [0.3, 0.4) is 0 Å². The molecule has 1 heterocycles. The summed E-state index contributed by atoms with van der Waals surface area (Å²) in [7, 11) is 0. The average Bonchev–Trinajstić information content (AvgIpc) is 2.71. The molecule has 3 N–H and O–H groups in total. The fourth-order valence-corrected chi connectivity index (χ4v) is 3.03. The van der Waals surface area contributed by atoms with E-state index in [1.807, 2.05) is 0 Å². The number of benzene rings is 1. The van der Waals surface area contributed by atoms with Gasteiger partial charge < -0.3 is 10.8 Å². The second kappa shape index (κ2) is 5.85. The molecule has 1 fully saturated rings. The number of aliphatic hydroxyl groups excluding tert-OH is 1. The number of nitrogens with two attached hydrogens (primary N) is 1. The molecular formula is C16H20FN3O. The Morgan fingerprint density at radius 2 is 1.95 bits per heavy atom. The molecular weight excluding hydrogens is 269 g/mol. The van der Waals surface area contributed by atoms with Gasteiger partial charge in [0.1, 0.15) is 11.6 Å². The minimum atomic E-state index is -0.442. The van der Waals surface area contributed by atoms with Crippen molar-refractivity contribution in [3.05, 3.63) is 36.1 Å². The molecule has 2 unspecified atom stereocenters. The lowest BCUT2D eigenvalue weighted by atomic mass is 10.1. The van der Waals surface area contributed by atoms with E-state index in [-0.39, 0.29) is 11.9 Å². The van der Waals surface area contributed by atoms with Crippen molar-refractivity contribution in [2.45, 2.75) is 44.2 Å². The van der Waals surface area contributed by atoms with E-state index in [4.69, 9.17) is 5.73 Å². The van der Waals surface area contributed by atoms with Gasteiger partial charge in [-0.05, 0) is 25.0 Å². The summed E-state index contributed by atoms with van der Waals surface area (Å²) in [5.41, 5.74) is 6.99. The lowest BCUT2D eigenvalue weighted by Crippen LogP contribution is -2.25. The van der Waals surface area contributed by atoms with Crippen LogP contribution in [0.25, 0.3) is 11.3 Å². The van der Waals surface area contributed by atoms with Gasteiger partial charge >= 0.3 is 0 Å². The molecule has 1 aliphatic rings. The van der Waals surface area contributed by atoms with Gasteiger partial charge in [-0.25, -0.2) is 9.07 Å². The van der Waals surface area contributed by atoms with E-state index < -0.39 is 6.10 Å². The van der Waals surface area contributed by atoms with Gasteiger partial charge in [0.15, 0.2) is 0 Å². The molecule has 1 aromatic heterocycles. The molecule has 0 spiro atoms. The van der Waals surface area contributed by atoms with Crippen LogP contribution in [0, 0.1) is 5.82 Å². The average molecular weight is 289 g/mol. The Labute approximate surface area is 123 Å². The van der Waals surface area contributed by atoms with Crippen molar-refractivity contribution in [1.82, 2.24) is 9.78 Å². The van der Waals surface area contributed by atoms with Gasteiger partial charge in [0.25, 0.3) is 0 Å². The highest BCUT2D eigenvalue weighted by molar-refractivity contribution is 5.63. The van der Waals surface area contributed by atoms with Crippen molar-refractivity contribution in [1.29, 1.82) is 0 Å². The van der Waals surface area contributed by atoms with Crippen LogP contribution < -0.4 is 5.73 Å². The van der Waals surface area contributed by atoms with Crippen molar-refractivity contribution >= 4 is 5.82 Å². The van der Waals surface area contributed by atoms with Gasteiger partial charge in [-0.2, -0.15) is 5.10 Å². The van der Waals surface area contributed by atoms with E-state index in [1.54, 1.807) is 28.9 Å². The lowest BCUT2D eigenvalue weighted by Gasteiger charge is -2.21. The Kier molecular flexibility index (Phi) is 3.92. The number of rotatable bonds is 2. The Morgan fingerprint density at radius 1 is 1.19 bits per heavy atom. The van der Waals surface area contributed by atoms with Crippen LogP contribution in [0.5, 0.6) is 0 Å². The standard InChI is InChI=1S/C16H20FN3O/c17-12-7-5-4-6-11(12)13-10-16(18)20(19-13)14-8-2-1-3-9-15(14)21/h4-7,10,14-15,21H,1-3,8-9,18H2. The summed E-state index contributed by atoms with van der Waals surface area (Å²) < 4.78 is 15.5. The number of anilines is 1. The molecule has 0 aliphatic heterocycles. The third kappa shape index (κ3) is 2.78. The van der Waals surface area contributed by atoms with Crippen molar-refractivity contribution in [2.24, 2.45) is 0 Å². The van der Waals surface area contributed by atoms with Crippen LogP contribution in [0.15, 0.2) is 30.3 Å². The lowest BCUT2D eigenvalue weighted by molar-refractivity contribution is 0.100. The zero-order valence-corrected chi connectivity index (χ0v) is 11.9. The Hall–Kier alpha value is -1.88. The molecule has 1 saturated carbocycles. The van der Waals surface area contributed by atoms with Gasteiger partial charge in [0, 0.05) is 11.6 Å². The molecule has 4 nitrogen and oxygen atoms in total. The zero-order chi connectivity index (χ0) is 14.8. The van der Waals surface area contributed by atoms with Gasteiger partial charge in [-0.3, -0.25) is 0 Å². The first kappa shape index (κ1) is 14.1. The minimum absolute atomic E-state index is 0.118. The van der Waals surface area contributed by atoms with Gasteiger partial charge in [0.2, 0.25) is 0 Å². The molecule has 0 amide bonds. The van der Waals surface area contributed by atoms with Crippen LogP contribution in [-0.2, 0) is 0 Å². The van der Waals surface area contributed by atoms with Crippen LogP contribution in [0.1, 0.15) is 38.1 Å². The van der Waals surface area contributed by atoms with Crippen molar-refractivity contribution < 1.29 is 9.50 Å². The molecule has 21 heavy (non-hydrogen) atoms. The summed E-state index contributed by atoms with van der Waals surface area (Å²) in [5.74, 6) is 0.155. The highest BCUT2D eigenvalue weighted by atomic mass is 19.1. The summed E-state index contributed by atoms with van der Waals surface area (Å²) >= 11 is 0. The van der Waals surface area contributed by atoms with E-state index in [9.17, 15) is 9.50 Å². The predicted molar refractivity (Wildman–Crippen MR) is 80.2 cm³/mol. The Morgan fingerprint density at radius 3 is 2.76 bits per heavy atom. The van der Waals surface area contributed by atoms with Gasteiger partial charge in [0.05, 0.1) is 17.8 Å². The fraction of sp³-hybridized carbons (Fsp3) is 0.438. The molecule has 1 aromatic carbocycles. The number of halogens is 1. The van der Waals surface area contributed by atoms with E-state index >= 15 is 0 Å². The Balaban J connectivity index is 1.96. The highest BCUT2D eigenvalue weighted by Crippen LogP contribution is 2.31. The maximum Gasteiger partial charge on any atom is 0.132 e. The summed E-state index contributed by atoms with van der Waals surface area (Å²) in [6, 6.07) is 8.07. The summed E-state index contributed by atoms with van der Waals surface area (Å²) in [5, 5.41) is 14.7. The summed E-state index contributed by atoms with van der Waals surface area (Å²) in [6.07, 6.45) is 4.37. The first-order chi connectivity index (χ1) is 10.2. The zero-order valence-electron chi connectivity index (χ0n) is 11.9. The SMILES string of the molecule is Nc1cc(-c2ccccc2F)nn1C1CCCCCC1O. The molecule has 2 aromatic rings. The van der Waals surface area contributed by atoms with Crippen molar-refractivity contribution in [2.75, 3.05) is 5.73 Å². The number of aromatic nitrogens is 2.